The Morgan fingerprint density at radius 3 is 2.46 bits per heavy atom. The SMILES string of the molecule is FC(F)(F)c1ccc(CNCC2CC(c3ccc(Cl)c(Cl)c3)=NO2)cc1. The van der Waals surface area contributed by atoms with Crippen molar-refractivity contribution in [2.45, 2.75) is 25.2 Å². The average molecular weight is 403 g/mol. The molecular weight excluding hydrogens is 388 g/mol. The summed E-state index contributed by atoms with van der Waals surface area (Å²) in [7, 11) is 0. The molecule has 26 heavy (non-hydrogen) atoms. The third kappa shape index (κ3) is 4.69. The van der Waals surface area contributed by atoms with Crippen LogP contribution in [0.15, 0.2) is 47.6 Å². The van der Waals surface area contributed by atoms with E-state index in [9.17, 15) is 13.2 Å². The minimum Gasteiger partial charge on any atom is -0.390 e. The molecule has 138 valence electrons. The van der Waals surface area contributed by atoms with Crippen molar-refractivity contribution in [3.8, 4) is 0 Å². The van der Waals surface area contributed by atoms with Crippen LogP contribution in [0.4, 0.5) is 13.2 Å². The van der Waals surface area contributed by atoms with Crippen LogP contribution in [0.25, 0.3) is 0 Å². The second-order valence-electron chi connectivity index (χ2n) is 5.92. The first-order chi connectivity index (χ1) is 12.3. The largest absolute Gasteiger partial charge is 0.416 e. The molecule has 1 aliphatic rings. The highest BCUT2D eigenvalue weighted by molar-refractivity contribution is 6.42. The van der Waals surface area contributed by atoms with E-state index in [1.54, 1.807) is 12.1 Å². The van der Waals surface area contributed by atoms with Gasteiger partial charge in [0.1, 0.15) is 6.10 Å². The molecule has 0 saturated heterocycles. The standard InChI is InChI=1S/C18H15Cl2F3N2O/c19-15-6-3-12(7-16(15)20)17-8-14(26-25-17)10-24-9-11-1-4-13(5-2-11)18(21,22)23/h1-7,14,24H,8-10H2. The molecule has 1 unspecified atom stereocenters. The summed E-state index contributed by atoms with van der Waals surface area (Å²) in [5, 5.41) is 8.17. The summed E-state index contributed by atoms with van der Waals surface area (Å²) in [4.78, 5) is 5.39. The minimum atomic E-state index is -4.32. The number of halogens is 5. The molecule has 3 nitrogen and oxygen atoms in total. The molecule has 0 aliphatic carbocycles. The number of benzene rings is 2. The highest BCUT2D eigenvalue weighted by Crippen LogP contribution is 2.29. The van der Waals surface area contributed by atoms with E-state index >= 15 is 0 Å². The fourth-order valence-corrected chi connectivity index (χ4v) is 2.87. The fraction of sp³-hybridized carbons (Fsp3) is 0.278. The Kier molecular flexibility index (Phi) is 5.75. The fourth-order valence-electron chi connectivity index (χ4n) is 2.57. The van der Waals surface area contributed by atoms with Crippen molar-refractivity contribution >= 4 is 28.9 Å². The molecule has 1 aliphatic heterocycles. The summed E-state index contributed by atoms with van der Waals surface area (Å²) in [6, 6.07) is 10.4. The molecular formula is C18H15Cl2F3N2O. The highest BCUT2D eigenvalue weighted by Gasteiger charge is 2.30. The van der Waals surface area contributed by atoms with Gasteiger partial charge < -0.3 is 10.2 Å². The monoisotopic (exact) mass is 402 g/mol. The van der Waals surface area contributed by atoms with Gasteiger partial charge in [-0.25, -0.2) is 0 Å². The maximum atomic E-state index is 12.5. The summed E-state index contributed by atoms with van der Waals surface area (Å²) in [6.45, 7) is 0.968. The predicted molar refractivity (Wildman–Crippen MR) is 95.6 cm³/mol. The first kappa shape index (κ1) is 19.0. The van der Waals surface area contributed by atoms with Gasteiger partial charge in [0.15, 0.2) is 0 Å². The van der Waals surface area contributed by atoms with Crippen LogP contribution in [-0.4, -0.2) is 18.4 Å². The van der Waals surface area contributed by atoms with Gasteiger partial charge in [-0.05, 0) is 29.8 Å². The van der Waals surface area contributed by atoms with Gasteiger partial charge in [0, 0.05) is 25.1 Å². The van der Waals surface area contributed by atoms with E-state index in [0.29, 0.717) is 29.6 Å². The Morgan fingerprint density at radius 1 is 1.08 bits per heavy atom. The van der Waals surface area contributed by atoms with Gasteiger partial charge >= 0.3 is 6.18 Å². The number of hydrogen-bond donors (Lipinski definition) is 1. The zero-order valence-electron chi connectivity index (χ0n) is 13.5. The molecule has 3 rings (SSSR count). The second-order valence-corrected chi connectivity index (χ2v) is 6.74. The van der Waals surface area contributed by atoms with Crippen LogP contribution >= 0.6 is 23.2 Å². The van der Waals surface area contributed by atoms with E-state index in [1.165, 1.54) is 12.1 Å². The van der Waals surface area contributed by atoms with E-state index in [1.807, 2.05) is 6.07 Å². The Hall–Kier alpha value is -1.76. The van der Waals surface area contributed by atoms with Gasteiger partial charge in [0.25, 0.3) is 0 Å². The number of nitrogens with zero attached hydrogens (tertiary/aromatic N) is 1. The zero-order chi connectivity index (χ0) is 18.7. The lowest BCUT2D eigenvalue weighted by Gasteiger charge is -2.11. The summed E-state index contributed by atoms with van der Waals surface area (Å²) in [5.74, 6) is 0. The molecule has 1 atom stereocenters. The van der Waals surface area contributed by atoms with E-state index in [2.05, 4.69) is 10.5 Å². The molecule has 0 spiro atoms. The summed E-state index contributed by atoms with van der Waals surface area (Å²) in [5.41, 5.74) is 1.75. The van der Waals surface area contributed by atoms with E-state index in [-0.39, 0.29) is 6.10 Å². The third-order valence-corrected chi connectivity index (χ3v) is 4.71. The number of rotatable bonds is 5. The quantitative estimate of drug-likeness (QED) is 0.736. The van der Waals surface area contributed by atoms with Crippen LogP contribution in [0.1, 0.15) is 23.1 Å². The lowest BCUT2D eigenvalue weighted by molar-refractivity contribution is -0.137. The van der Waals surface area contributed by atoms with Gasteiger partial charge in [-0.2, -0.15) is 13.2 Å². The molecule has 2 aromatic rings. The van der Waals surface area contributed by atoms with Gasteiger partial charge in [-0.3, -0.25) is 0 Å². The molecule has 1 heterocycles. The second kappa shape index (κ2) is 7.86. The van der Waals surface area contributed by atoms with Crippen LogP contribution in [0.2, 0.25) is 10.0 Å². The molecule has 8 heteroatoms. The number of nitrogens with one attached hydrogen (secondary N) is 1. The molecule has 0 saturated carbocycles. The van der Waals surface area contributed by atoms with Crippen LogP contribution in [0, 0.1) is 0 Å². The summed E-state index contributed by atoms with van der Waals surface area (Å²) in [6.07, 6.45) is -3.85. The van der Waals surface area contributed by atoms with Crippen molar-refractivity contribution < 1.29 is 18.0 Å². The van der Waals surface area contributed by atoms with Crippen LogP contribution in [-0.2, 0) is 17.6 Å². The van der Waals surface area contributed by atoms with Crippen molar-refractivity contribution in [3.63, 3.8) is 0 Å². The first-order valence-corrected chi connectivity index (χ1v) is 8.63. The average Bonchev–Trinajstić information content (AvgIpc) is 3.06. The molecule has 0 fully saturated rings. The lowest BCUT2D eigenvalue weighted by atomic mass is 10.0. The summed E-state index contributed by atoms with van der Waals surface area (Å²) >= 11 is 11.9. The van der Waals surface area contributed by atoms with E-state index in [4.69, 9.17) is 28.0 Å². The number of oxime groups is 1. The van der Waals surface area contributed by atoms with Crippen LogP contribution in [0.3, 0.4) is 0 Å². The Morgan fingerprint density at radius 2 is 1.81 bits per heavy atom. The smallest absolute Gasteiger partial charge is 0.390 e. The molecule has 0 radical (unpaired) electrons. The Bertz CT molecular complexity index is 807. The first-order valence-electron chi connectivity index (χ1n) is 7.88. The molecule has 0 amide bonds. The van der Waals surface area contributed by atoms with Gasteiger partial charge in [-0.15, -0.1) is 0 Å². The van der Waals surface area contributed by atoms with Gasteiger partial charge in [-0.1, -0.05) is 46.6 Å². The predicted octanol–water partition coefficient (Wildman–Crippen LogP) is 5.30. The maximum absolute atomic E-state index is 12.5. The van der Waals surface area contributed by atoms with Crippen LogP contribution < -0.4 is 5.32 Å². The molecule has 0 bridgehead atoms. The number of hydrogen-bond acceptors (Lipinski definition) is 3. The topological polar surface area (TPSA) is 33.6 Å². The van der Waals surface area contributed by atoms with E-state index in [0.717, 1.165) is 29.0 Å². The van der Waals surface area contributed by atoms with Crippen LogP contribution in [0.5, 0.6) is 0 Å². The Balaban J connectivity index is 1.47. The zero-order valence-corrected chi connectivity index (χ0v) is 15.0. The normalized spacial score (nSPS) is 17.1. The van der Waals surface area contributed by atoms with Crippen molar-refractivity contribution in [1.29, 1.82) is 0 Å². The van der Waals surface area contributed by atoms with Crippen molar-refractivity contribution in [3.05, 3.63) is 69.2 Å². The number of alkyl halides is 3. The summed E-state index contributed by atoms with van der Waals surface area (Å²) < 4.78 is 37.6. The van der Waals surface area contributed by atoms with E-state index < -0.39 is 11.7 Å². The maximum Gasteiger partial charge on any atom is 0.416 e. The van der Waals surface area contributed by atoms with Gasteiger partial charge in [0.05, 0.1) is 21.3 Å². The van der Waals surface area contributed by atoms with Gasteiger partial charge in [0.2, 0.25) is 0 Å². The highest BCUT2D eigenvalue weighted by atomic mass is 35.5. The minimum absolute atomic E-state index is 0.145. The molecule has 0 aromatic heterocycles. The molecule has 1 N–H and O–H groups in total. The van der Waals surface area contributed by atoms with Crippen molar-refractivity contribution in [2.24, 2.45) is 5.16 Å². The molecule has 2 aromatic carbocycles. The van der Waals surface area contributed by atoms with Crippen molar-refractivity contribution in [2.75, 3.05) is 6.54 Å². The Labute approximate surface area is 158 Å². The van der Waals surface area contributed by atoms with Crippen molar-refractivity contribution in [1.82, 2.24) is 5.32 Å². The lowest BCUT2D eigenvalue weighted by Crippen LogP contribution is -2.26. The third-order valence-electron chi connectivity index (χ3n) is 3.97.